The molecule has 0 aliphatic carbocycles. The van der Waals surface area contributed by atoms with Crippen molar-refractivity contribution >= 4 is 22.4 Å². The molecule has 0 bridgehead atoms. The summed E-state index contributed by atoms with van der Waals surface area (Å²) >= 11 is 0. The Balaban J connectivity index is 0.00000288. The molecule has 0 fully saturated rings. The van der Waals surface area contributed by atoms with Gasteiger partial charge in [-0.05, 0) is 30.7 Å². The summed E-state index contributed by atoms with van der Waals surface area (Å²) < 4.78 is 21.1. The highest BCUT2D eigenvalue weighted by Crippen LogP contribution is 2.31. The van der Waals surface area contributed by atoms with Crippen LogP contribution in [0.3, 0.4) is 0 Å². The zero-order valence-corrected chi connectivity index (χ0v) is 15.0. The summed E-state index contributed by atoms with van der Waals surface area (Å²) in [6, 6.07) is 7.39. The lowest BCUT2D eigenvalue weighted by atomic mass is 10.1. The van der Waals surface area contributed by atoms with Gasteiger partial charge in [0.2, 0.25) is 0 Å². The maximum Gasteiger partial charge on any atom is 0.273 e. The summed E-state index contributed by atoms with van der Waals surface area (Å²) in [7, 11) is 2.08. The number of ether oxygens (including phenoxy) is 1. The second-order valence-corrected chi connectivity index (χ2v) is 6.17. The van der Waals surface area contributed by atoms with Gasteiger partial charge in [-0.3, -0.25) is 4.79 Å². The molecule has 0 aliphatic heterocycles. The van der Waals surface area contributed by atoms with E-state index in [-0.39, 0.29) is 11.0 Å². The van der Waals surface area contributed by atoms with E-state index in [1.165, 1.54) is 0 Å². The van der Waals surface area contributed by atoms with Gasteiger partial charge < -0.3 is 24.8 Å². The molecular weight excluding hydrogens is 330 g/mol. The van der Waals surface area contributed by atoms with E-state index in [1.54, 1.807) is 31.2 Å². The first-order valence-electron chi connectivity index (χ1n) is 7.19. The van der Waals surface area contributed by atoms with Crippen molar-refractivity contribution in [1.82, 2.24) is 4.57 Å². The predicted molar refractivity (Wildman–Crippen MR) is 99.1 cm³/mol. The Bertz CT molecular complexity index is 789. The number of benzene rings is 1. The fourth-order valence-corrected chi connectivity index (χ4v) is 2.78. The fraction of sp³-hybridized carbons (Fsp3) is 0.312. The Labute approximate surface area is 143 Å². The van der Waals surface area contributed by atoms with Gasteiger partial charge in [-0.25, -0.2) is 4.21 Å². The summed E-state index contributed by atoms with van der Waals surface area (Å²) in [6.07, 6.45) is 3.33. The average Bonchev–Trinajstić information content (AvgIpc) is 2.51. The van der Waals surface area contributed by atoms with E-state index in [1.807, 2.05) is 31.2 Å². The molecule has 1 unspecified atom stereocenters. The van der Waals surface area contributed by atoms with Crippen molar-refractivity contribution < 1.29 is 14.4 Å². The smallest absolute Gasteiger partial charge is 0.273 e. The predicted octanol–water partition coefficient (Wildman–Crippen LogP) is 1.37. The highest BCUT2D eigenvalue weighted by Gasteiger charge is 2.10. The zero-order valence-electron chi connectivity index (χ0n) is 14.2. The maximum absolute atomic E-state index is 12.1. The van der Waals surface area contributed by atoms with Crippen LogP contribution in [0.25, 0.3) is 11.1 Å². The van der Waals surface area contributed by atoms with Crippen molar-refractivity contribution in [3.05, 3.63) is 40.8 Å². The van der Waals surface area contributed by atoms with Crippen LogP contribution in [0.4, 0.5) is 11.4 Å². The molecule has 1 heterocycles. The quantitative estimate of drug-likeness (QED) is 0.818. The SMILES string of the molecule is CCNc1cc(-c2ccc(OC)c(NS(C)=O)c2)cn(C)c1=O.O. The second kappa shape index (κ2) is 8.51. The summed E-state index contributed by atoms with van der Waals surface area (Å²) in [5, 5.41) is 3.07. The van der Waals surface area contributed by atoms with Crippen molar-refractivity contribution in [1.29, 1.82) is 0 Å². The highest BCUT2D eigenvalue weighted by molar-refractivity contribution is 7.85. The number of aryl methyl sites for hydroxylation is 1. The molecule has 1 atom stereocenters. The fourth-order valence-electron chi connectivity index (χ4n) is 2.31. The number of nitrogens with zero attached hydrogens (tertiary/aromatic N) is 1. The van der Waals surface area contributed by atoms with Crippen LogP contribution in [0.5, 0.6) is 5.75 Å². The number of anilines is 2. The Kier molecular flexibility index (Phi) is 6.99. The molecular formula is C16H23N3O4S. The third-order valence-electron chi connectivity index (χ3n) is 3.34. The van der Waals surface area contributed by atoms with Gasteiger partial charge in [0.15, 0.2) is 0 Å². The van der Waals surface area contributed by atoms with Gasteiger partial charge in [0, 0.05) is 31.6 Å². The summed E-state index contributed by atoms with van der Waals surface area (Å²) in [6.45, 7) is 2.61. The Morgan fingerprint density at radius 1 is 1.21 bits per heavy atom. The number of hydrogen-bond acceptors (Lipinski definition) is 4. The minimum atomic E-state index is -1.21. The summed E-state index contributed by atoms with van der Waals surface area (Å²) in [5.41, 5.74) is 2.91. The molecule has 1 aromatic heterocycles. The number of nitrogens with one attached hydrogen (secondary N) is 2. The van der Waals surface area contributed by atoms with Crippen molar-refractivity contribution in [3.63, 3.8) is 0 Å². The lowest BCUT2D eigenvalue weighted by Crippen LogP contribution is -2.20. The van der Waals surface area contributed by atoms with Gasteiger partial charge in [0.05, 0.1) is 12.8 Å². The van der Waals surface area contributed by atoms with Gasteiger partial charge in [-0.1, -0.05) is 6.07 Å². The minimum absolute atomic E-state index is 0. The standard InChI is InChI=1S/C16H21N3O3S.H2O/c1-5-17-14-9-12(10-19(2)16(14)20)11-6-7-15(22-3)13(8-11)18-23(4)21;/h6-10,17-18H,5H2,1-4H3;1H2. The lowest BCUT2D eigenvalue weighted by Gasteiger charge is -2.13. The average molecular weight is 353 g/mol. The molecule has 132 valence electrons. The van der Waals surface area contributed by atoms with Gasteiger partial charge in [0.1, 0.15) is 22.4 Å². The second-order valence-electron chi connectivity index (χ2n) is 5.06. The number of rotatable bonds is 6. The molecule has 0 saturated carbocycles. The third kappa shape index (κ3) is 4.36. The molecule has 1 aromatic carbocycles. The molecule has 2 rings (SSSR count). The van der Waals surface area contributed by atoms with Crippen molar-refractivity contribution in [2.24, 2.45) is 7.05 Å². The summed E-state index contributed by atoms with van der Waals surface area (Å²) in [5.74, 6) is 0.612. The molecule has 2 aromatic rings. The Hall–Kier alpha value is -2.32. The van der Waals surface area contributed by atoms with Crippen LogP contribution in [0.15, 0.2) is 35.3 Å². The summed E-state index contributed by atoms with van der Waals surface area (Å²) in [4.78, 5) is 12.1. The lowest BCUT2D eigenvalue weighted by molar-refractivity contribution is 0.417. The van der Waals surface area contributed by atoms with Crippen LogP contribution in [0.2, 0.25) is 0 Å². The highest BCUT2D eigenvalue weighted by atomic mass is 32.2. The minimum Gasteiger partial charge on any atom is -0.495 e. The molecule has 0 saturated heterocycles. The molecule has 8 heteroatoms. The van der Waals surface area contributed by atoms with Gasteiger partial charge in [-0.2, -0.15) is 0 Å². The number of aromatic nitrogens is 1. The normalized spacial score (nSPS) is 11.3. The van der Waals surface area contributed by atoms with Gasteiger partial charge in [0.25, 0.3) is 5.56 Å². The van der Waals surface area contributed by atoms with E-state index in [9.17, 15) is 9.00 Å². The van der Waals surface area contributed by atoms with Crippen LogP contribution in [-0.2, 0) is 18.0 Å². The number of methoxy groups -OCH3 is 1. The Morgan fingerprint density at radius 3 is 2.46 bits per heavy atom. The number of pyridine rings is 1. The molecule has 7 nitrogen and oxygen atoms in total. The Morgan fingerprint density at radius 2 is 1.88 bits per heavy atom. The molecule has 4 N–H and O–H groups in total. The first-order chi connectivity index (χ1) is 11.0. The van der Waals surface area contributed by atoms with Crippen molar-refractivity contribution in [3.8, 4) is 16.9 Å². The zero-order chi connectivity index (χ0) is 17.0. The van der Waals surface area contributed by atoms with E-state index in [2.05, 4.69) is 10.0 Å². The van der Waals surface area contributed by atoms with E-state index in [0.29, 0.717) is 23.7 Å². The molecule has 0 spiro atoms. The topological polar surface area (TPSA) is 104 Å². The monoisotopic (exact) mass is 353 g/mol. The largest absolute Gasteiger partial charge is 0.495 e. The third-order valence-corrected chi connectivity index (χ3v) is 3.84. The molecule has 0 amide bonds. The van der Waals surface area contributed by atoms with Crippen LogP contribution < -0.4 is 20.3 Å². The van der Waals surface area contributed by atoms with E-state index < -0.39 is 11.0 Å². The van der Waals surface area contributed by atoms with E-state index >= 15 is 0 Å². The van der Waals surface area contributed by atoms with E-state index in [0.717, 1.165) is 11.1 Å². The van der Waals surface area contributed by atoms with Crippen molar-refractivity contribution in [2.45, 2.75) is 6.92 Å². The van der Waals surface area contributed by atoms with Crippen LogP contribution in [-0.4, -0.2) is 34.2 Å². The van der Waals surface area contributed by atoms with Crippen LogP contribution in [0.1, 0.15) is 6.92 Å². The molecule has 0 radical (unpaired) electrons. The first-order valence-corrected chi connectivity index (χ1v) is 8.75. The van der Waals surface area contributed by atoms with Crippen LogP contribution in [0, 0.1) is 0 Å². The van der Waals surface area contributed by atoms with E-state index in [4.69, 9.17) is 4.74 Å². The molecule has 0 aliphatic rings. The number of hydrogen-bond donors (Lipinski definition) is 2. The van der Waals surface area contributed by atoms with Gasteiger partial charge >= 0.3 is 0 Å². The molecule has 24 heavy (non-hydrogen) atoms. The first kappa shape index (κ1) is 19.7. The van der Waals surface area contributed by atoms with Gasteiger partial charge in [-0.15, -0.1) is 0 Å². The van der Waals surface area contributed by atoms with Crippen LogP contribution >= 0.6 is 0 Å². The maximum atomic E-state index is 12.1. The van der Waals surface area contributed by atoms with Crippen molar-refractivity contribution in [2.75, 3.05) is 29.9 Å².